The number of amides is 1. The maximum atomic E-state index is 12.8. The SMILES string of the molecule is COCCNCC(=O)N1CCN(S(=O)(=O)N2CC(C)OC(C)C2)CC1.Cl. The topological polar surface area (TPSA) is 91.4 Å². The number of nitrogens with zero attached hydrogens (tertiary/aromatic N) is 3. The fourth-order valence-corrected chi connectivity index (χ4v) is 4.88. The minimum absolute atomic E-state index is 0. The van der Waals surface area contributed by atoms with Gasteiger partial charge in [0.1, 0.15) is 0 Å². The lowest BCUT2D eigenvalue weighted by molar-refractivity contribution is -0.131. The summed E-state index contributed by atoms with van der Waals surface area (Å²) in [5, 5.41) is 3.02. The molecule has 1 N–H and O–H groups in total. The molecule has 2 aliphatic heterocycles. The molecule has 0 radical (unpaired) electrons. The van der Waals surface area contributed by atoms with Gasteiger partial charge < -0.3 is 19.7 Å². The number of hydrogen-bond acceptors (Lipinski definition) is 6. The van der Waals surface area contributed by atoms with Crippen molar-refractivity contribution in [1.29, 1.82) is 0 Å². The van der Waals surface area contributed by atoms with E-state index in [1.807, 2.05) is 13.8 Å². The minimum atomic E-state index is -3.51. The highest BCUT2D eigenvalue weighted by molar-refractivity contribution is 7.86. The molecule has 2 atom stereocenters. The summed E-state index contributed by atoms with van der Waals surface area (Å²) in [6.45, 7) is 7.40. The molecule has 0 saturated carbocycles. The van der Waals surface area contributed by atoms with Crippen LogP contribution in [0.1, 0.15) is 13.8 Å². The monoisotopic (exact) mass is 414 g/mol. The van der Waals surface area contributed by atoms with Crippen molar-refractivity contribution in [1.82, 2.24) is 18.8 Å². The largest absolute Gasteiger partial charge is 0.383 e. The smallest absolute Gasteiger partial charge is 0.282 e. The van der Waals surface area contributed by atoms with Crippen molar-refractivity contribution < 1.29 is 22.7 Å². The highest BCUT2D eigenvalue weighted by Gasteiger charge is 2.37. The fourth-order valence-electron chi connectivity index (χ4n) is 3.13. The lowest BCUT2D eigenvalue weighted by atomic mass is 10.3. The van der Waals surface area contributed by atoms with Gasteiger partial charge in [-0.1, -0.05) is 0 Å². The second kappa shape index (κ2) is 10.7. The van der Waals surface area contributed by atoms with E-state index in [9.17, 15) is 13.2 Å². The maximum absolute atomic E-state index is 12.8. The molecule has 0 spiro atoms. The third-order valence-electron chi connectivity index (χ3n) is 4.39. The molecular formula is C15H31ClN4O5S. The van der Waals surface area contributed by atoms with Gasteiger partial charge in [-0.3, -0.25) is 4.79 Å². The van der Waals surface area contributed by atoms with E-state index >= 15 is 0 Å². The lowest BCUT2D eigenvalue weighted by Crippen LogP contribution is -2.58. The summed E-state index contributed by atoms with van der Waals surface area (Å²) < 4.78 is 39.1. The Balaban J connectivity index is 0.00000338. The first-order valence-electron chi connectivity index (χ1n) is 8.72. The molecule has 2 heterocycles. The standard InChI is InChI=1S/C15H30N4O5S.ClH/c1-13-11-19(12-14(2)24-13)25(21,22)18-7-5-17(6-8-18)15(20)10-16-4-9-23-3;/h13-14,16H,4-12H2,1-3H3;1H. The molecule has 26 heavy (non-hydrogen) atoms. The van der Waals surface area contributed by atoms with Crippen molar-refractivity contribution in [2.75, 3.05) is 66.1 Å². The Morgan fingerprint density at radius 1 is 1.12 bits per heavy atom. The number of carbonyl (C=O) groups excluding carboxylic acids is 1. The average molecular weight is 415 g/mol. The number of methoxy groups -OCH3 is 1. The van der Waals surface area contributed by atoms with E-state index < -0.39 is 10.2 Å². The van der Waals surface area contributed by atoms with Gasteiger partial charge in [0.05, 0.1) is 25.4 Å². The number of nitrogens with one attached hydrogen (secondary N) is 1. The first-order valence-corrected chi connectivity index (χ1v) is 10.1. The molecule has 0 aromatic carbocycles. The zero-order valence-electron chi connectivity index (χ0n) is 15.7. The van der Waals surface area contributed by atoms with Crippen LogP contribution in [0.15, 0.2) is 0 Å². The molecule has 0 aliphatic carbocycles. The Morgan fingerprint density at radius 2 is 1.69 bits per heavy atom. The molecule has 2 saturated heterocycles. The van der Waals surface area contributed by atoms with Crippen molar-refractivity contribution in [3.05, 3.63) is 0 Å². The molecule has 2 unspecified atom stereocenters. The van der Waals surface area contributed by atoms with Crippen molar-refractivity contribution in [3.8, 4) is 0 Å². The molecule has 11 heteroatoms. The summed E-state index contributed by atoms with van der Waals surface area (Å²) in [6.07, 6.45) is -0.223. The van der Waals surface area contributed by atoms with E-state index in [0.717, 1.165) is 0 Å². The van der Waals surface area contributed by atoms with Gasteiger partial charge in [0.15, 0.2) is 0 Å². The summed E-state index contributed by atoms with van der Waals surface area (Å²) >= 11 is 0. The average Bonchev–Trinajstić information content (AvgIpc) is 2.58. The number of carbonyl (C=O) groups is 1. The zero-order chi connectivity index (χ0) is 18.4. The molecule has 0 aromatic heterocycles. The fraction of sp³-hybridized carbons (Fsp3) is 0.933. The van der Waals surface area contributed by atoms with E-state index in [-0.39, 0.29) is 37.1 Å². The number of rotatable bonds is 7. The van der Waals surface area contributed by atoms with Crippen LogP contribution in [-0.2, 0) is 24.5 Å². The first kappa shape index (κ1) is 23.5. The number of piperazine rings is 1. The van der Waals surface area contributed by atoms with Gasteiger partial charge >= 0.3 is 0 Å². The molecule has 9 nitrogen and oxygen atoms in total. The molecule has 2 fully saturated rings. The van der Waals surface area contributed by atoms with E-state index in [1.165, 1.54) is 8.61 Å². The Morgan fingerprint density at radius 3 is 2.23 bits per heavy atom. The van der Waals surface area contributed by atoms with E-state index in [2.05, 4.69) is 5.32 Å². The van der Waals surface area contributed by atoms with Gasteiger partial charge in [0.25, 0.3) is 10.2 Å². The Kier molecular flexibility index (Phi) is 9.73. The van der Waals surface area contributed by atoms with E-state index in [0.29, 0.717) is 52.4 Å². The molecule has 0 aromatic rings. The van der Waals surface area contributed by atoms with Gasteiger partial charge in [-0.15, -0.1) is 12.4 Å². The lowest BCUT2D eigenvalue weighted by Gasteiger charge is -2.40. The van der Waals surface area contributed by atoms with Crippen LogP contribution in [0.3, 0.4) is 0 Å². The highest BCUT2D eigenvalue weighted by Crippen LogP contribution is 2.18. The Hall–Kier alpha value is -0.490. The summed E-state index contributed by atoms with van der Waals surface area (Å²) in [6, 6.07) is 0. The molecule has 2 aliphatic rings. The Bertz CT molecular complexity index is 532. The van der Waals surface area contributed by atoms with Gasteiger partial charge in [-0.05, 0) is 13.8 Å². The van der Waals surface area contributed by atoms with Crippen LogP contribution in [0.25, 0.3) is 0 Å². The van der Waals surface area contributed by atoms with Crippen LogP contribution in [-0.4, -0.2) is 106 Å². The molecule has 154 valence electrons. The molecular weight excluding hydrogens is 384 g/mol. The van der Waals surface area contributed by atoms with Crippen LogP contribution in [0.5, 0.6) is 0 Å². The van der Waals surface area contributed by atoms with Crippen LogP contribution >= 0.6 is 12.4 Å². The number of ether oxygens (including phenoxy) is 2. The van der Waals surface area contributed by atoms with Crippen LogP contribution in [0.2, 0.25) is 0 Å². The third-order valence-corrected chi connectivity index (χ3v) is 6.36. The van der Waals surface area contributed by atoms with Crippen molar-refractivity contribution in [2.45, 2.75) is 26.1 Å². The minimum Gasteiger partial charge on any atom is -0.383 e. The summed E-state index contributed by atoms with van der Waals surface area (Å²) in [4.78, 5) is 13.8. The quantitative estimate of drug-likeness (QED) is 0.545. The van der Waals surface area contributed by atoms with Crippen LogP contribution < -0.4 is 5.32 Å². The zero-order valence-corrected chi connectivity index (χ0v) is 17.4. The summed E-state index contributed by atoms with van der Waals surface area (Å²) in [7, 11) is -1.90. The predicted molar refractivity (Wildman–Crippen MR) is 101 cm³/mol. The normalized spacial score (nSPS) is 25.7. The van der Waals surface area contributed by atoms with E-state index in [4.69, 9.17) is 9.47 Å². The molecule has 1 amide bonds. The number of hydrogen-bond donors (Lipinski definition) is 1. The van der Waals surface area contributed by atoms with Gasteiger partial charge in [0, 0.05) is 52.9 Å². The second-order valence-electron chi connectivity index (χ2n) is 6.53. The van der Waals surface area contributed by atoms with Gasteiger partial charge in [0.2, 0.25) is 5.91 Å². The summed E-state index contributed by atoms with van der Waals surface area (Å²) in [5.74, 6) is -0.0123. The number of morpholine rings is 1. The van der Waals surface area contributed by atoms with Crippen molar-refractivity contribution in [3.63, 3.8) is 0 Å². The van der Waals surface area contributed by atoms with E-state index in [1.54, 1.807) is 12.0 Å². The second-order valence-corrected chi connectivity index (χ2v) is 8.46. The van der Waals surface area contributed by atoms with Gasteiger partial charge in [-0.25, -0.2) is 0 Å². The van der Waals surface area contributed by atoms with Crippen molar-refractivity contribution >= 4 is 28.5 Å². The van der Waals surface area contributed by atoms with Gasteiger partial charge in [-0.2, -0.15) is 17.0 Å². The third kappa shape index (κ3) is 6.29. The van der Waals surface area contributed by atoms with Crippen LogP contribution in [0.4, 0.5) is 0 Å². The maximum Gasteiger partial charge on any atom is 0.282 e. The highest BCUT2D eigenvalue weighted by atomic mass is 35.5. The molecule has 0 bridgehead atoms. The first-order chi connectivity index (χ1) is 11.8. The molecule has 2 rings (SSSR count). The summed E-state index contributed by atoms with van der Waals surface area (Å²) in [5.41, 5.74) is 0. The Labute approximate surface area is 162 Å². The van der Waals surface area contributed by atoms with Crippen molar-refractivity contribution in [2.24, 2.45) is 0 Å². The van der Waals surface area contributed by atoms with Crippen LogP contribution in [0, 0.1) is 0 Å². The predicted octanol–water partition coefficient (Wildman–Crippen LogP) is -0.858. The number of halogens is 1.